The molecule has 3 N–H and O–H groups in total. The highest BCUT2D eigenvalue weighted by atomic mass is 16.5. The SMILES string of the molecule is Cc1cccc(NC(N)=NCCCOc2ccccc2C)c1. The van der Waals surface area contributed by atoms with Crippen LogP contribution in [0.15, 0.2) is 53.5 Å². The predicted molar refractivity (Wildman–Crippen MR) is 92.6 cm³/mol. The van der Waals surface area contributed by atoms with Crippen LogP contribution in [0.5, 0.6) is 5.75 Å². The third-order valence-electron chi connectivity index (χ3n) is 3.23. The predicted octanol–water partition coefficient (Wildman–Crippen LogP) is 3.50. The summed E-state index contributed by atoms with van der Waals surface area (Å²) in [5.41, 5.74) is 9.16. The molecular weight excluding hydrogens is 274 g/mol. The molecule has 0 atom stereocenters. The number of hydrogen-bond acceptors (Lipinski definition) is 2. The Kier molecular flexibility index (Phi) is 5.83. The summed E-state index contributed by atoms with van der Waals surface area (Å²) in [6.45, 7) is 5.35. The summed E-state index contributed by atoms with van der Waals surface area (Å²) >= 11 is 0. The molecule has 0 aliphatic rings. The van der Waals surface area contributed by atoms with Crippen molar-refractivity contribution in [3.05, 3.63) is 59.7 Å². The first kappa shape index (κ1) is 15.9. The van der Waals surface area contributed by atoms with E-state index in [1.54, 1.807) is 0 Å². The quantitative estimate of drug-likeness (QED) is 0.487. The molecule has 0 saturated carbocycles. The van der Waals surface area contributed by atoms with E-state index in [1.165, 1.54) is 5.56 Å². The lowest BCUT2D eigenvalue weighted by Crippen LogP contribution is -2.23. The van der Waals surface area contributed by atoms with Crippen molar-refractivity contribution in [3.63, 3.8) is 0 Å². The number of ether oxygens (including phenoxy) is 1. The third kappa shape index (κ3) is 5.13. The van der Waals surface area contributed by atoms with Gasteiger partial charge in [0.2, 0.25) is 0 Å². The number of nitrogens with two attached hydrogens (primary N) is 1. The van der Waals surface area contributed by atoms with Gasteiger partial charge >= 0.3 is 0 Å². The molecule has 2 rings (SSSR count). The average Bonchev–Trinajstić information content (AvgIpc) is 2.48. The summed E-state index contributed by atoms with van der Waals surface area (Å²) in [4.78, 5) is 4.31. The van der Waals surface area contributed by atoms with Gasteiger partial charge in [0, 0.05) is 18.7 Å². The van der Waals surface area contributed by atoms with Crippen LogP contribution in [0, 0.1) is 13.8 Å². The van der Waals surface area contributed by atoms with E-state index in [2.05, 4.69) is 10.3 Å². The third-order valence-corrected chi connectivity index (χ3v) is 3.23. The summed E-state index contributed by atoms with van der Waals surface area (Å²) in [6.07, 6.45) is 0.824. The largest absolute Gasteiger partial charge is 0.493 e. The number of aliphatic imine (C=N–C) groups is 1. The van der Waals surface area contributed by atoms with Crippen LogP contribution >= 0.6 is 0 Å². The molecule has 0 fully saturated rings. The van der Waals surface area contributed by atoms with Gasteiger partial charge < -0.3 is 15.8 Å². The Morgan fingerprint density at radius 1 is 1.14 bits per heavy atom. The second-order valence-electron chi connectivity index (χ2n) is 5.23. The lowest BCUT2D eigenvalue weighted by Gasteiger charge is -2.08. The molecule has 116 valence electrons. The van der Waals surface area contributed by atoms with E-state index < -0.39 is 0 Å². The highest BCUT2D eigenvalue weighted by Gasteiger charge is 1.98. The van der Waals surface area contributed by atoms with Crippen molar-refractivity contribution >= 4 is 11.6 Å². The van der Waals surface area contributed by atoms with Crippen LogP contribution in [0.2, 0.25) is 0 Å². The molecule has 0 saturated heterocycles. The van der Waals surface area contributed by atoms with Gasteiger partial charge in [-0.2, -0.15) is 0 Å². The van der Waals surface area contributed by atoms with E-state index >= 15 is 0 Å². The normalized spacial score (nSPS) is 11.3. The van der Waals surface area contributed by atoms with Crippen molar-refractivity contribution in [1.29, 1.82) is 0 Å². The molecule has 0 aromatic heterocycles. The van der Waals surface area contributed by atoms with Gasteiger partial charge in [-0.1, -0.05) is 30.3 Å². The lowest BCUT2D eigenvalue weighted by molar-refractivity contribution is 0.311. The van der Waals surface area contributed by atoms with Crippen LogP contribution in [0.3, 0.4) is 0 Å². The standard InChI is InChI=1S/C18H23N3O/c1-14-7-5-9-16(13-14)21-18(19)20-11-6-12-22-17-10-4-3-8-15(17)2/h3-5,7-10,13H,6,11-12H2,1-2H3,(H3,19,20,21). The first-order valence-electron chi connectivity index (χ1n) is 7.47. The molecule has 22 heavy (non-hydrogen) atoms. The number of nitrogens with zero attached hydrogens (tertiary/aromatic N) is 1. The van der Waals surface area contributed by atoms with Gasteiger partial charge in [0.25, 0.3) is 0 Å². The van der Waals surface area contributed by atoms with Gasteiger partial charge in [-0.05, 0) is 43.2 Å². The van der Waals surface area contributed by atoms with E-state index in [4.69, 9.17) is 10.5 Å². The average molecular weight is 297 g/mol. The molecule has 0 aliphatic carbocycles. The monoisotopic (exact) mass is 297 g/mol. The zero-order valence-electron chi connectivity index (χ0n) is 13.2. The molecule has 4 nitrogen and oxygen atoms in total. The van der Waals surface area contributed by atoms with Crippen LogP contribution < -0.4 is 15.8 Å². The molecular formula is C18H23N3O. The van der Waals surface area contributed by atoms with Crippen molar-refractivity contribution < 1.29 is 4.74 Å². The molecule has 0 heterocycles. The van der Waals surface area contributed by atoms with Gasteiger partial charge in [0.1, 0.15) is 5.75 Å². The van der Waals surface area contributed by atoms with Crippen molar-refractivity contribution in [1.82, 2.24) is 0 Å². The van der Waals surface area contributed by atoms with Crippen LogP contribution in [-0.4, -0.2) is 19.1 Å². The maximum absolute atomic E-state index is 5.87. The Morgan fingerprint density at radius 2 is 1.95 bits per heavy atom. The molecule has 4 heteroatoms. The maximum atomic E-state index is 5.87. The molecule has 0 unspecified atom stereocenters. The molecule has 0 amide bonds. The van der Waals surface area contributed by atoms with Crippen molar-refractivity contribution in [2.24, 2.45) is 10.7 Å². The number of nitrogens with one attached hydrogen (secondary N) is 1. The molecule has 0 bridgehead atoms. The fourth-order valence-corrected chi connectivity index (χ4v) is 2.07. The van der Waals surface area contributed by atoms with Crippen LogP contribution in [-0.2, 0) is 0 Å². The highest BCUT2D eigenvalue weighted by molar-refractivity contribution is 5.92. The van der Waals surface area contributed by atoms with Gasteiger partial charge in [0.15, 0.2) is 5.96 Å². The van der Waals surface area contributed by atoms with Crippen LogP contribution in [0.4, 0.5) is 5.69 Å². The first-order valence-corrected chi connectivity index (χ1v) is 7.47. The maximum Gasteiger partial charge on any atom is 0.193 e. The van der Waals surface area contributed by atoms with Crippen molar-refractivity contribution in [2.75, 3.05) is 18.5 Å². The number of guanidine groups is 1. The van der Waals surface area contributed by atoms with Gasteiger partial charge in [0.05, 0.1) is 6.61 Å². The van der Waals surface area contributed by atoms with Crippen molar-refractivity contribution in [2.45, 2.75) is 20.3 Å². The number of rotatable bonds is 6. The molecule has 0 spiro atoms. The first-order chi connectivity index (χ1) is 10.6. The fraction of sp³-hybridized carbons (Fsp3) is 0.278. The van der Waals surface area contributed by atoms with Crippen LogP contribution in [0.1, 0.15) is 17.5 Å². The molecule has 0 aliphatic heterocycles. The number of hydrogen-bond donors (Lipinski definition) is 2. The summed E-state index contributed by atoms with van der Waals surface area (Å²) in [7, 11) is 0. The summed E-state index contributed by atoms with van der Waals surface area (Å²) < 4.78 is 5.72. The Bertz CT molecular complexity index is 638. The summed E-state index contributed by atoms with van der Waals surface area (Å²) in [5.74, 6) is 1.36. The van der Waals surface area contributed by atoms with Crippen molar-refractivity contribution in [3.8, 4) is 5.75 Å². The highest BCUT2D eigenvalue weighted by Crippen LogP contribution is 2.16. The minimum atomic E-state index is 0.432. The molecule has 2 aromatic rings. The smallest absolute Gasteiger partial charge is 0.193 e. The van der Waals surface area contributed by atoms with E-state index in [0.29, 0.717) is 19.1 Å². The van der Waals surface area contributed by atoms with E-state index in [9.17, 15) is 0 Å². The summed E-state index contributed by atoms with van der Waals surface area (Å²) in [6, 6.07) is 16.0. The topological polar surface area (TPSA) is 59.6 Å². The van der Waals surface area contributed by atoms with Gasteiger partial charge in [-0.25, -0.2) is 0 Å². The number of para-hydroxylation sites is 1. The van der Waals surface area contributed by atoms with E-state index in [-0.39, 0.29) is 0 Å². The molecule has 2 aromatic carbocycles. The Hall–Kier alpha value is -2.49. The zero-order valence-corrected chi connectivity index (χ0v) is 13.2. The minimum Gasteiger partial charge on any atom is -0.493 e. The zero-order chi connectivity index (χ0) is 15.8. The van der Waals surface area contributed by atoms with E-state index in [0.717, 1.165) is 23.4 Å². The second-order valence-corrected chi connectivity index (χ2v) is 5.23. The Morgan fingerprint density at radius 3 is 2.73 bits per heavy atom. The summed E-state index contributed by atoms with van der Waals surface area (Å²) in [5, 5.41) is 3.09. The minimum absolute atomic E-state index is 0.432. The second kappa shape index (κ2) is 8.08. The number of anilines is 1. The number of aryl methyl sites for hydroxylation is 2. The Balaban J connectivity index is 1.72. The van der Waals surface area contributed by atoms with E-state index in [1.807, 2.05) is 62.4 Å². The van der Waals surface area contributed by atoms with Gasteiger partial charge in [-0.3, -0.25) is 4.99 Å². The Labute approximate surface area is 132 Å². The fourth-order valence-electron chi connectivity index (χ4n) is 2.07. The van der Waals surface area contributed by atoms with Gasteiger partial charge in [-0.15, -0.1) is 0 Å². The van der Waals surface area contributed by atoms with Crippen LogP contribution in [0.25, 0.3) is 0 Å². The lowest BCUT2D eigenvalue weighted by atomic mass is 10.2. The molecule has 0 radical (unpaired) electrons. The number of benzene rings is 2.